The first kappa shape index (κ1) is 11.6. The topological polar surface area (TPSA) is 58.2 Å². The van der Waals surface area contributed by atoms with Crippen LogP contribution >= 0.6 is 0 Å². The molecule has 1 aliphatic rings. The second kappa shape index (κ2) is 4.99. The van der Waals surface area contributed by atoms with Crippen LogP contribution in [0.1, 0.15) is 30.1 Å². The Morgan fingerprint density at radius 2 is 2.12 bits per heavy atom. The van der Waals surface area contributed by atoms with Gasteiger partial charge in [-0.15, -0.1) is 0 Å². The number of anilines is 1. The van der Waals surface area contributed by atoms with Gasteiger partial charge in [-0.3, -0.25) is 9.59 Å². The molecule has 2 rings (SSSR count). The van der Waals surface area contributed by atoms with Crippen LogP contribution in [0.15, 0.2) is 24.3 Å². The minimum absolute atomic E-state index is 0.0836. The lowest BCUT2D eigenvalue weighted by atomic mass is 10.1. The third-order valence-corrected chi connectivity index (χ3v) is 2.88. The summed E-state index contributed by atoms with van der Waals surface area (Å²) in [5.41, 5.74) is 1.68. The monoisotopic (exact) mass is 232 g/mol. The van der Waals surface area contributed by atoms with Crippen LogP contribution in [0.2, 0.25) is 0 Å². The van der Waals surface area contributed by atoms with Crippen molar-refractivity contribution in [2.45, 2.75) is 25.8 Å². The van der Waals surface area contributed by atoms with E-state index in [9.17, 15) is 9.59 Å². The SMILES string of the molecule is CCC(=O)c1ccc(NC2CNC(=O)C2)cc1. The number of ketones is 1. The molecule has 1 aromatic rings. The van der Waals surface area contributed by atoms with Gasteiger partial charge in [-0.2, -0.15) is 0 Å². The van der Waals surface area contributed by atoms with E-state index in [4.69, 9.17) is 0 Å². The molecule has 0 saturated carbocycles. The molecule has 1 aliphatic heterocycles. The quantitative estimate of drug-likeness (QED) is 0.775. The Labute approximate surface area is 100 Å². The maximum Gasteiger partial charge on any atom is 0.222 e. The second-order valence-electron chi connectivity index (χ2n) is 4.20. The summed E-state index contributed by atoms with van der Waals surface area (Å²) in [6, 6.07) is 7.55. The van der Waals surface area contributed by atoms with E-state index in [2.05, 4.69) is 10.6 Å². The normalized spacial score (nSPS) is 18.9. The number of carbonyl (C=O) groups excluding carboxylic acids is 2. The van der Waals surface area contributed by atoms with E-state index in [1.165, 1.54) is 0 Å². The summed E-state index contributed by atoms with van der Waals surface area (Å²) in [6.07, 6.45) is 1.03. The van der Waals surface area contributed by atoms with Crippen molar-refractivity contribution < 1.29 is 9.59 Å². The van der Waals surface area contributed by atoms with Crippen LogP contribution in [-0.4, -0.2) is 24.3 Å². The molecule has 1 saturated heterocycles. The van der Waals surface area contributed by atoms with Crippen LogP contribution < -0.4 is 10.6 Å². The number of carbonyl (C=O) groups is 2. The first-order valence-corrected chi connectivity index (χ1v) is 5.85. The summed E-state index contributed by atoms with van der Waals surface area (Å²) in [6.45, 7) is 2.51. The molecular formula is C13H16N2O2. The summed E-state index contributed by atoms with van der Waals surface area (Å²) in [5.74, 6) is 0.231. The zero-order valence-corrected chi connectivity index (χ0v) is 9.82. The van der Waals surface area contributed by atoms with E-state index in [0.717, 1.165) is 11.3 Å². The number of hydrogen-bond donors (Lipinski definition) is 2. The van der Waals surface area contributed by atoms with Gasteiger partial charge in [-0.05, 0) is 24.3 Å². The molecule has 0 aromatic heterocycles. The van der Waals surface area contributed by atoms with Crippen molar-refractivity contribution in [3.05, 3.63) is 29.8 Å². The molecule has 0 bridgehead atoms. The van der Waals surface area contributed by atoms with Crippen molar-refractivity contribution in [3.8, 4) is 0 Å². The Balaban J connectivity index is 1.98. The summed E-state index contributed by atoms with van der Waals surface area (Å²) in [7, 11) is 0. The highest BCUT2D eigenvalue weighted by atomic mass is 16.2. The van der Waals surface area contributed by atoms with Gasteiger partial charge in [-0.1, -0.05) is 6.92 Å². The maximum absolute atomic E-state index is 11.4. The number of nitrogens with one attached hydrogen (secondary N) is 2. The molecule has 17 heavy (non-hydrogen) atoms. The summed E-state index contributed by atoms with van der Waals surface area (Å²) in [4.78, 5) is 22.5. The van der Waals surface area contributed by atoms with Crippen LogP contribution in [0.3, 0.4) is 0 Å². The first-order chi connectivity index (χ1) is 8.19. The largest absolute Gasteiger partial charge is 0.380 e. The fourth-order valence-corrected chi connectivity index (χ4v) is 1.90. The number of hydrogen-bond acceptors (Lipinski definition) is 3. The molecule has 4 heteroatoms. The van der Waals surface area contributed by atoms with Gasteiger partial charge in [0, 0.05) is 30.6 Å². The van der Waals surface area contributed by atoms with Gasteiger partial charge in [0.1, 0.15) is 0 Å². The summed E-state index contributed by atoms with van der Waals surface area (Å²) in [5, 5.41) is 6.03. The van der Waals surface area contributed by atoms with E-state index >= 15 is 0 Å². The minimum atomic E-state index is 0.0836. The van der Waals surface area contributed by atoms with E-state index < -0.39 is 0 Å². The molecule has 0 spiro atoms. The zero-order chi connectivity index (χ0) is 12.3. The second-order valence-corrected chi connectivity index (χ2v) is 4.20. The van der Waals surface area contributed by atoms with Crippen molar-refractivity contribution in [1.29, 1.82) is 0 Å². The predicted octanol–water partition coefficient (Wildman–Crippen LogP) is 1.58. The Morgan fingerprint density at radius 1 is 1.41 bits per heavy atom. The van der Waals surface area contributed by atoms with E-state index in [1.807, 2.05) is 31.2 Å². The van der Waals surface area contributed by atoms with Gasteiger partial charge in [0.2, 0.25) is 5.91 Å². The van der Waals surface area contributed by atoms with Crippen LogP contribution in [0.5, 0.6) is 0 Å². The Kier molecular flexibility index (Phi) is 3.42. The minimum Gasteiger partial charge on any atom is -0.380 e. The van der Waals surface area contributed by atoms with Crippen LogP contribution in [0.4, 0.5) is 5.69 Å². The Bertz CT molecular complexity index is 426. The third-order valence-electron chi connectivity index (χ3n) is 2.88. The molecular weight excluding hydrogens is 216 g/mol. The highest BCUT2D eigenvalue weighted by Crippen LogP contribution is 2.14. The van der Waals surface area contributed by atoms with Gasteiger partial charge in [-0.25, -0.2) is 0 Å². The van der Waals surface area contributed by atoms with Crippen molar-refractivity contribution in [3.63, 3.8) is 0 Å². The standard InChI is InChI=1S/C13H16N2O2/c1-2-12(16)9-3-5-10(6-4-9)15-11-7-13(17)14-8-11/h3-6,11,15H,2,7-8H2,1H3,(H,14,17). The lowest BCUT2D eigenvalue weighted by Gasteiger charge is -2.12. The van der Waals surface area contributed by atoms with Gasteiger partial charge in [0.25, 0.3) is 0 Å². The van der Waals surface area contributed by atoms with E-state index in [0.29, 0.717) is 19.4 Å². The van der Waals surface area contributed by atoms with Crippen molar-refractivity contribution in [2.24, 2.45) is 0 Å². The number of Topliss-reactive ketones (excluding diaryl/α,β-unsaturated/α-hetero) is 1. The Hall–Kier alpha value is -1.84. The number of benzene rings is 1. The average Bonchev–Trinajstić information content (AvgIpc) is 2.75. The molecule has 90 valence electrons. The predicted molar refractivity (Wildman–Crippen MR) is 66.1 cm³/mol. The van der Waals surface area contributed by atoms with Crippen LogP contribution in [0, 0.1) is 0 Å². The molecule has 0 radical (unpaired) electrons. The van der Waals surface area contributed by atoms with Crippen molar-refractivity contribution in [2.75, 3.05) is 11.9 Å². The van der Waals surface area contributed by atoms with Crippen molar-refractivity contribution >= 4 is 17.4 Å². The number of rotatable bonds is 4. The zero-order valence-electron chi connectivity index (χ0n) is 9.82. The highest BCUT2D eigenvalue weighted by Gasteiger charge is 2.20. The first-order valence-electron chi connectivity index (χ1n) is 5.85. The molecule has 2 N–H and O–H groups in total. The van der Waals surface area contributed by atoms with Crippen molar-refractivity contribution in [1.82, 2.24) is 5.32 Å². The fraction of sp³-hybridized carbons (Fsp3) is 0.385. The summed E-state index contributed by atoms with van der Waals surface area (Å²) < 4.78 is 0. The van der Waals surface area contributed by atoms with Gasteiger partial charge >= 0.3 is 0 Å². The summed E-state index contributed by atoms with van der Waals surface area (Å²) >= 11 is 0. The van der Waals surface area contributed by atoms with Crippen LogP contribution in [0.25, 0.3) is 0 Å². The van der Waals surface area contributed by atoms with E-state index in [1.54, 1.807) is 0 Å². The maximum atomic E-state index is 11.4. The molecule has 4 nitrogen and oxygen atoms in total. The third kappa shape index (κ3) is 2.84. The molecule has 1 amide bonds. The molecule has 1 fully saturated rings. The lowest BCUT2D eigenvalue weighted by molar-refractivity contribution is -0.119. The Morgan fingerprint density at radius 3 is 2.65 bits per heavy atom. The highest BCUT2D eigenvalue weighted by molar-refractivity contribution is 5.96. The lowest BCUT2D eigenvalue weighted by Crippen LogP contribution is -2.22. The molecule has 1 unspecified atom stereocenters. The average molecular weight is 232 g/mol. The van der Waals surface area contributed by atoms with E-state index in [-0.39, 0.29) is 17.7 Å². The molecule has 1 aromatic carbocycles. The smallest absolute Gasteiger partial charge is 0.222 e. The van der Waals surface area contributed by atoms with Gasteiger partial charge in [0.15, 0.2) is 5.78 Å². The fourth-order valence-electron chi connectivity index (χ4n) is 1.90. The van der Waals surface area contributed by atoms with Gasteiger partial charge in [0.05, 0.1) is 6.04 Å². The van der Waals surface area contributed by atoms with Crippen LogP contribution in [-0.2, 0) is 4.79 Å². The number of amides is 1. The molecule has 1 atom stereocenters. The molecule has 1 heterocycles. The molecule has 0 aliphatic carbocycles. The van der Waals surface area contributed by atoms with Gasteiger partial charge < -0.3 is 10.6 Å².